The Labute approximate surface area is 230 Å². The molecule has 0 aliphatic heterocycles. The van der Waals surface area contributed by atoms with Gasteiger partial charge in [0.15, 0.2) is 0 Å². The third kappa shape index (κ3) is 4.38. The number of nitrogens with zero attached hydrogens (tertiary/aromatic N) is 4. The highest BCUT2D eigenvalue weighted by atomic mass is 79.9. The third-order valence-corrected chi connectivity index (χ3v) is 8.24. The van der Waals surface area contributed by atoms with E-state index in [1.54, 1.807) is 0 Å². The van der Waals surface area contributed by atoms with Gasteiger partial charge in [0, 0.05) is 30.3 Å². The summed E-state index contributed by atoms with van der Waals surface area (Å²) in [5.41, 5.74) is 7.69. The van der Waals surface area contributed by atoms with E-state index < -0.39 is 0 Å². The summed E-state index contributed by atoms with van der Waals surface area (Å²) in [7, 11) is 0. The van der Waals surface area contributed by atoms with E-state index in [0.29, 0.717) is 13.1 Å². The monoisotopic (exact) mass is 618 g/mol. The maximum atomic E-state index is 6.11. The van der Waals surface area contributed by atoms with Crippen LogP contribution >= 0.6 is 43.5 Å². The van der Waals surface area contributed by atoms with Gasteiger partial charge in [-0.3, -0.25) is 9.36 Å². The van der Waals surface area contributed by atoms with Gasteiger partial charge < -0.3 is 0 Å². The lowest BCUT2D eigenvalue weighted by Crippen LogP contribution is -2.02. The van der Waals surface area contributed by atoms with Crippen LogP contribution in [0.1, 0.15) is 16.7 Å². The van der Waals surface area contributed by atoms with Crippen LogP contribution in [0.5, 0.6) is 0 Å². The Kier molecular flexibility index (Phi) is 6.20. The van der Waals surface area contributed by atoms with Crippen LogP contribution in [0.25, 0.3) is 33.1 Å². The second-order valence-electron chi connectivity index (χ2n) is 8.93. The Morgan fingerprint density at radius 3 is 2.36 bits per heavy atom. The van der Waals surface area contributed by atoms with Gasteiger partial charge in [-0.2, -0.15) is 10.2 Å². The fraction of sp³-hybridized carbons (Fsp3) is 0.103. The molecule has 0 aliphatic carbocycles. The van der Waals surface area contributed by atoms with Gasteiger partial charge in [-0.25, -0.2) is 0 Å². The number of benzene rings is 4. The smallest absolute Gasteiger partial charge is 0.101 e. The summed E-state index contributed by atoms with van der Waals surface area (Å²) in [6, 6.07) is 27.0. The second-order valence-corrected chi connectivity index (χ2v) is 11.1. The van der Waals surface area contributed by atoms with Crippen molar-refractivity contribution in [2.75, 3.05) is 0 Å². The summed E-state index contributed by atoms with van der Waals surface area (Å²) in [6.45, 7) is 3.44. The van der Waals surface area contributed by atoms with E-state index in [2.05, 4.69) is 91.0 Å². The average Bonchev–Trinajstić information content (AvgIpc) is 3.43. The normalized spacial score (nSPS) is 11.6. The minimum absolute atomic E-state index is 0.653. The fourth-order valence-corrected chi connectivity index (χ4v) is 5.45. The summed E-state index contributed by atoms with van der Waals surface area (Å²) < 4.78 is 6.19. The van der Waals surface area contributed by atoms with Gasteiger partial charge in [0.25, 0.3) is 0 Å². The topological polar surface area (TPSA) is 35.6 Å². The molecule has 4 aromatic carbocycles. The van der Waals surface area contributed by atoms with Crippen molar-refractivity contribution in [3.63, 3.8) is 0 Å². The van der Waals surface area contributed by atoms with Crippen molar-refractivity contribution in [3.8, 4) is 11.3 Å². The number of fused-ring (bicyclic) bond motifs is 2. The average molecular weight is 621 g/mol. The number of para-hydroxylation sites is 1. The minimum Gasteiger partial charge on any atom is -0.260 e. The summed E-state index contributed by atoms with van der Waals surface area (Å²) >= 11 is 13.6. The number of aromatic nitrogens is 4. The highest BCUT2D eigenvalue weighted by Gasteiger charge is 2.17. The summed E-state index contributed by atoms with van der Waals surface area (Å²) in [6.07, 6.45) is 1.92. The molecule has 0 unspecified atom stereocenters. The van der Waals surface area contributed by atoms with Crippen molar-refractivity contribution in [1.29, 1.82) is 0 Å². The zero-order chi connectivity index (χ0) is 24.8. The van der Waals surface area contributed by atoms with Gasteiger partial charge in [-0.1, -0.05) is 79.9 Å². The van der Waals surface area contributed by atoms with E-state index in [0.717, 1.165) is 58.2 Å². The third-order valence-electron chi connectivity index (χ3n) is 6.45. The maximum Gasteiger partial charge on any atom is 0.101 e. The molecule has 0 aliphatic rings. The van der Waals surface area contributed by atoms with Crippen LogP contribution in [0.3, 0.4) is 0 Å². The van der Waals surface area contributed by atoms with Gasteiger partial charge >= 0.3 is 0 Å². The van der Waals surface area contributed by atoms with Gasteiger partial charge in [-0.05, 0) is 66.1 Å². The van der Waals surface area contributed by atoms with E-state index in [-0.39, 0.29) is 0 Å². The molecule has 0 spiro atoms. The first-order valence-corrected chi connectivity index (χ1v) is 13.5. The van der Waals surface area contributed by atoms with Crippen LogP contribution in [-0.2, 0) is 13.1 Å². The number of halogens is 3. The minimum atomic E-state index is 0.653. The molecule has 0 saturated heterocycles. The molecule has 6 aromatic rings. The summed E-state index contributed by atoms with van der Waals surface area (Å²) in [4.78, 5) is 0. The number of hydrogen-bond acceptors (Lipinski definition) is 2. The predicted octanol–water partition coefficient (Wildman–Crippen LogP) is 8.64. The van der Waals surface area contributed by atoms with E-state index >= 15 is 0 Å². The van der Waals surface area contributed by atoms with E-state index in [1.807, 2.05) is 47.3 Å². The van der Waals surface area contributed by atoms with Crippen LogP contribution in [-0.4, -0.2) is 19.6 Å². The van der Waals surface area contributed by atoms with Crippen molar-refractivity contribution in [1.82, 2.24) is 19.6 Å². The molecule has 2 heterocycles. The molecule has 7 heteroatoms. The molecule has 0 saturated carbocycles. The largest absolute Gasteiger partial charge is 0.260 e. The molecular formula is C29H21Br2ClN4. The van der Waals surface area contributed by atoms with Crippen LogP contribution in [0.4, 0.5) is 0 Å². The Balaban J connectivity index is 1.45. The first-order valence-electron chi connectivity index (χ1n) is 11.6. The molecule has 2 aromatic heterocycles. The zero-order valence-electron chi connectivity index (χ0n) is 19.4. The number of aryl methyl sites for hydroxylation is 1. The lowest BCUT2D eigenvalue weighted by atomic mass is 10.0. The molecule has 0 N–H and O–H groups in total. The first-order chi connectivity index (χ1) is 17.5. The zero-order valence-corrected chi connectivity index (χ0v) is 23.3. The van der Waals surface area contributed by atoms with Crippen molar-refractivity contribution in [2.45, 2.75) is 20.0 Å². The Morgan fingerprint density at radius 1 is 0.778 bits per heavy atom. The van der Waals surface area contributed by atoms with Crippen LogP contribution in [0.15, 0.2) is 94.0 Å². The quantitative estimate of drug-likeness (QED) is 0.193. The molecule has 0 atom stereocenters. The summed E-state index contributed by atoms with van der Waals surface area (Å²) in [5.74, 6) is 0. The highest BCUT2D eigenvalue weighted by Crippen LogP contribution is 2.36. The number of rotatable bonds is 5. The molecule has 0 amide bonds. The molecule has 0 fully saturated rings. The summed E-state index contributed by atoms with van der Waals surface area (Å²) in [5, 5.41) is 12.7. The lowest BCUT2D eigenvalue weighted by Gasteiger charge is -2.08. The Morgan fingerprint density at radius 2 is 1.53 bits per heavy atom. The van der Waals surface area contributed by atoms with E-state index in [4.69, 9.17) is 16.7 Å². The fourth-order valence-electron chi connectivity index (χ4n) is 4.56. The van der Waals surface area contributed by atoms with E-state index in [1.165, 1.54) is 5.56 Å². The Hall–Kier alpha value is -2.93. The van der Waals surface area contributed by atoms with Crippen molar-refractivity contribution < 1.29 is 0 Å². The van der Waals surface area contributed by atoms with Crippen molar-refractivity contribution in [2.24, 2.45) is 0 Å². The van der Waals surface area contributed by atoms with Crippen LogP contribution < -0.4 is 0 Å². The lowest BCUT2D eigenvalue weighted by molar-refractivity contribution is 0.710. The van der Waals surface area contributed by atoms with Gasteiger partial charge in [0.2, 0.25) is 0 Å². The van der Waals surface area contributed by atoms with Crippen molar-refractivity contribution >= 4 is 65.3 Å². The molecular weight excluding hydrogens is 600 g/mol. The Bertz CT molecular complexity index is 1730. The van der Waals surface area contributed by atoms with Gasteiger partial charge in [0.1, 0.15) is 5.69 Å². The molecule has 6 rings (SSSR count). The van der Waals surface area contributed by atoms with Gasteiger partial charge in [-0.15, -0.1) is 0 Å². The molecule has 0 radical (unpaired) electrons. The first kappa shape index (κ1) is 23.5. The maximum absolute atomic E-state index is 6.11. The molecule has 36 heavy (non-hydrogen) atoms. The SMILES string of the molecule is Cc1cc2c(-c3cc(Cn4ncc5ccccc54)ccc3Br)nn(Cc3ccc(Cl)cc3)c2cc1Br. The number of hydrogen-bond donors (Lipinski definition) is 0. The molecule has 0 bridgehead atoms. The second kappa shape index (κ2) is 9.51. The van der Waals surface area contributed by atoms with Crippen molar-refractivity contribution in [3.05, 3.63) is 116 Å². The van der Waals surface area contributed by atoms with E-state index in [9.17, 15) is 0 Å². The highest BCUT2D eigenvalue weighted by molar-refractivity contribution is 9.10. The molecule has 4 nitrogen and oxygen atoms in total. The van der Waals surface area contributed by atoms with Gasteiger partial charge in [0.05, 0.1) is 30.3 Å². The predicted molar refractivity (Wildman–Crippen MR) is 155 cm³/mol. The van der Waals surface area contributed by atoms with Crippen LogP contribution in [0, 0.1) is 6.92 Å². The standard InChI is InChI=1S/C29H21Br2ClN4/c1-18-12-24-28(14-26(18)31)36(16-19-6-9-22(32)10-7-19)34-29(24)23-13-20(8-11-25(23)30)17-35-27-5-3-2-4-21(27)15-33-35/h2-15H,16-17H2,1H3. The molecule has 178 valence electrons. The van der Waals surface area contributed by atoms with Crippen LogP contribution in [0.2, 0.25) is 5.02 Å².